The molecular weight excluding hydrogens is 424 g/mol. The molecule has 170 valence electrons. The Morgan fingerprint density at radius 3 is 2.73 bits per heavy atom. The quantitative estimate of drug-likeness (QED) is 0.609. The van der Waals surface area contributed by atoms with E-state index in [9.17, 15) is 9.59 Å². The number of nitrogens with one attached hydrogen (secondary N) is 1. The summed E-state index contributed by atoms with van der Waals surface area (Å²) in [4.78, 5) is 33.8. The minimum atomic E-state index is -0.622. The summed E-state index contributed by atoms with van der Waals surface area (Å²) in [5.41, 5.74) is 0.251. The van der Waals surface area contributed by atoms with Crippen molar-refractivity contribution in [2.24, 2.45) is 0 Å². The summed E-state index contributed by atoms with van der Waals surface area (Å²) in [5.74, 6) is 0.623. The number of aromatic nitrogens is 1. The summed E-state index contributed by atoms with van der Waals surface area (Å²) in [7, 11) is 1.74. The summed E-state index contributed by atoms with van der Waals surface area (Å²) in [5, 5.41) is 5.77. The van der Waals surface area contributed by atoms with Crippen LogP contribution in [-0.2, 0) is 27.4 Å². The molecule has 1 aromatic heterocycles. The van der Waals surface area contributed by atoms with Crippen molar-refractivity contribution < 1.29 is 19.1 Å². The van der Waals surface area contributed by atoms with Crippen molar-refractivity contribution in [1.82, 2.24) is 20.1 Å². The van der Waals surface area contributed by atoms with E-state index in [0.29, 0.717) is 13.0 Å². The predicted molar refractivity (Wildman–Crippen MR) is 121 cm³/mol. The van der Waals surface area contributed by atoms with Crippen LogP contribution in [0.5, 0.6) is 0 Å². The molecule has 1 N–H and O–H groups in total. The van der Waals surface area contributed by atoms with Crippen LogP contribution in [0.25, 0.3) is 0 Å². The van der Waals surface area contributed by atoms with E-state index >= 15 is 0 Å². The Bertz CT molecular complexity index is 687. The maximum Gasteiger partial charge on any atom is 0.408 e. The normalized spacial score (nSPS) is 16.2. The van der Waals surface area contributed by atoms with Gasteiger partial charge in [0.15, 0.2) is 0 Å². The SMILES string of the molecule is CSCCC(NC(=O)OC(C)(C)C)C(=O)N(C)Cc1csc(CN2CCOCC2)n1. The van der Waals surface area contributed by atoms with E-state index < -0.39 is 17.7 Å². The van der Waals surface area contributed by atoms with Gasteiger partial charge in [0.05, 0.1) is 32.0 Å². The smallest absolute Gasteiger partial charge is 0.408 e. The molecule has 1 unspecified atom stereocenters. The molecule has 0 saturated carbocycles. The number of thiazole rings is 1. The first-order chi connectivity index (χ1) is 14.2. The molecule has 1 saturated heterocycles. The molecule has 0 aromatic carbocycles. The number of alkyl carbamates (subject to hydrolysis) is 1. The molecule has 1 atom stereocenters. The Morgan fingerprint density at radius 1 is 1.40 bits per heavy atom. The fourth-order valence-electron chi connectivity index (χ4n) is 2.97. The fraction of sp³-hybridized carbons (Fsp3) is 0.750. The van der Waals surface area contributed by atoms with Gasteiger partial charge in [-0.2, -0.15) is 11.8 Å². The minimum absolute atomic E-state index is 0.141. The van der Waals surface area contributed by atoms with Gasteiger partial charge in [0, 0.05) is 25.5 Å². The molecule has 0 aliphatic carbocycles. The molecule has 2 heterocycles. The number of hydrogen-bond acceptors (Lipinski definition) is 8. The zero-order chi connectivity index (χ0) is 22.1. The van der Waals surface area contributed by atoms with Crippen molar-refractivity contribution in [3.8, 4) is 0 Å². The Balaban J connectivity index is 1.92. The second-order valence-corrected chi connectivity index (χ2v) is 10.2. The van der Waals surface area contributed by atoms with Gasteiger partial charge in [-0.25, -0.2) is 9.78 Å². The largest absolute Gasteiger partial charge is 0.444 e. The average Bonchev–Trinajstić information content (AvgIpc) is 3.10. The van der Waals surface area contributed by atoms with Crippen LogP contribution in [-0.4, -0.2) is 83.8 Å². The lowest BCUT2D eigenvalue weighted by molar-refractivity contribution is -0.132. The van der Waals surface area contributed by atoms with Gasteiger partial charge >= 0.3 is 6.09 Å². The van der Waals surface area contributed by atoms with E-state index in [2.05, 4.69) is 15.2 Å². The summed E-state index contributed by atoms with van der Waals surface area (Å²) in [6, 6.07) is -0.622. The molecule has 8 nitrogen and oxygen atoms in total. The summed E-state index contributed by atoms with van der Waals surface area (Å²) < 4.78 is 10.7. The zero-order valence-corrected chi connectivity index (χ0v) is 20.2. The Kier molecular flexibility index (Phi) is 9.86. The second kappa shape index (κ2) is 11.9. The number of thioether (sulfide) groups is 1. The Morgan fingerprint density at radius 2 is 2.10 bits per heavy atom. The number of carbonyl (C=O) groups excluding carboxylic acids is 2. The van der Waals surface area contributed by atoms with Crippen molar-refractivity contribution >= 4 is 35.1 Å². The number of ether oxygens (including phenoxy) is 2. The summed E-state index contributed by atoms with van der Waals surface area (Å²) >= 11 is 3.25. The molecule has 1 aromatic rings. The molecule has 0 bridgehead atoms. The van der Waals surface area contributed by atoms with Crippen LogP contribution in [0.2, 0.25) is 0 Å². The number of amides is 2. The third-order valence-corrected chi connectivity index (χ3v) is 5.96. The first kappa shape index (κ1) is 24.9. The van der Waals surface area contributed by atoms with E-state index in [0.717, 1.165) is 49.3 Å². The van der Waals surface area contributed by atoms with Gasteiger partial charge in [-0.05, 0) is 39.2 Å². The molecule has 0 spiro atoms. The van der Waals surface area contributed by atoms with Crippen molar-refractivity contribution in [3.05, 3.63) is 16.1 Å². The highest BCUT2D eigenvalue weighted by atomic mass is 32.2. The highest BCUT2D eigenvalue weighted by molar-refractivity contribution is 7.98. The average molecular weight is 459 g/mol. The van der Waals surface area contributed by atoms with Crippen LogP contribution in [0.3, 0.4) is 0 Å². The Labute approximate surface area is 187 Å². The van der Waals surface area contributed by atoms with Crippen molar-refractivity contribution in [2.75, 3.05) is 45.4 Å². The lowest BCUT2D eigenvalue weighted by Crippen LogP contribution is -2.48. The number of likely N-dealkylation sites (N-methyl/N-ethyl adjacent to an activating group) is 1. The van der Waals surface area contributed by atoms with Gasteiger partial charge in [0.1, 0.15) is 16.7 Å². The molecule has 0 radical (unpaired) electrons. The van der Waals surface area contributed by atoms with E-state index in [1.165, 1.54) is 0 Å². The molecule has 1 fully saturated rings. The first-order valence-corrected chi connectivity index (χ1v) is 12.4. The molecule has 2 rings (SSSR count). The van der Waals surface area contributed by atoms with Crippen LogP contribution >= 0.6 is 23.1 Å². The number of nitrogens with zero attached hydrogens (tertiary/aromatic N) is 3. The number of hydrogen-bond donors (Lipinski definition) is 1. The predicted octanol–water partition coefficient (Wildman–Crippen LogP) is 2.58. The van der Waals surface area contributed by atoms with E-state index in [1.807, 2.05) is 11.6 Å². The van der Waals surface area contributed by atoms with Crippen LogP contribution in [0.15, 0.2) is 5.38 Å². The number of rotatable bonds is 9. The van der Waals surface area contributed by atoms with Gasteiger partial charge in [0.25, 0.3) is 0 Å². The lowest BCUT2D eigenvalue weighted by atomic mass is 10.2. The zero-order valence-electron chi connectivity index (χ0n) is 18.6. The maximum atomic E-state index is 13.0. The van der Waals surface area contributed by atoms with Gasteiger partial charge in [0.2, 0.25) is 5.91 Å². The van der Waals surface area contributed by atoms with E-state index in [4.69, 9.17) is 9.47 Å². The van der Waals surface area contributed by atoms with Gasteiger partial charge in [-0.15, -0.1) is 11.3 Å². The van der Waals surface area contributed by atoms with Crippen LogP contribution < -0.4 is 5.32 Å². The van der Waals surface area contributed by atoms with Crippen molar-refractivity contribution in [1.29, 1.82) is 0 Å². The monoisotopic (exact) mass is 458 g/mol. The lowest BCUT2D eigenvalue weighted by Gasteiger charge is -2.26. The maximum absolute atomic E-state index is 13.0. The van der Waals surface area contributed by atoms with Crippen LogP contribution in [0.4, 0.5) is 4.79 Å². The fourth-order valence-corrected chi connectivity index (χ4v) is 4.27. The third-order valence-electron chi connectivity index (χ3n) is 4.44. The van der Waals surface area contributed by atoms with Crippen LogP contribution in [0.1, 0.15) is 37.9 Å². The van der Waals surface area contributed by atoms with E-state index in [1.54, 1.807) is 55.8 Å². The first-order valence-electron chi connectivity index (χ1n) is 10.1. The molecule has 30 heavy (non-hydrogen) atoms. The van der Waals surface area contributed by atoms with Gasteiger partial charge in [-0.3, -0.25) is 9.69 Å². The second-order valence-electron chi connectivity index (χ2n) is 8.30. The topological polar surface area (TPSA) is 84.0 Å². The van der Waals surface area contributed by atoms with Crippen molar-refractivity contribution in [3.63, 3.8) is 0 Å². The number of carbonyl (C=O) groups is 2. The Hall–Kier alpha value is -1.36. The number of morpholine rings is 1. The highest BCUT2D eigenvalue weighted by Gasteiger charge is 2.26. The standard InChI is InChI=1S/C20H34N4O4S2/c1-20(2,3)28-19(26)22-16(6-11-29-5)18(25)23(4)12-15-14-30-17(21-15)13-24-7-9-27-10-8-24/h14,16H,6-13H2,1-5H3,(H,22,26). The molecule has 1 aliphatic rings. The molecule has 2 amide bonds. The minimum Gasteiger partial charge on any atom is -0.444 e. The molecule has 1 aliphatic heterocycles. The van der Waals surface area contributed by atoms with Crippen molar-refractivity contribution in [2.45, 2.75) is 51.9 Å². The third kappa shape index (κ3) is 8.79. The molecule has 10 heteroatoms. The van der Waals surface area contributed by atoms with Crippen LogP contribution in [0, 0.1) is 0 Å². The molecular formula is C20H34N4O4S2. The summed E-state index contributed by atoms with van der Waals surface area (Å²) in [6.45, 7) is 9.97. The highest BCUT2D eigenvalue weighted by Crippen LogP contribution is 2.16. The van der Waals surface area contributed by atoms with Gasteiger partial charge < -0.3 is 19.7 Å². The summed E-state index contributed by atoms with van der Waals surface area (Å²) in [6.07, 6.45) is 1.95. The van der Waals surface area contributed by atoms with E-state index in [-0.39, 0.29) is 5.91 Å². The van der Waals surface area contributed by atoms with Gasteiger partial charge in [-0.1, -0.05) is 0 Å².